The van der Waals surface area contributed by atoms with E-state index in [0.29, 0.717) is 16.6 Å². The summed E-state index contributed by atoms with van der Waals surface area (Å²) in [5, 5.41) is 6.69. The number of hydrogen-bond acceptors (Lipinski definition) is 4. The lowest BCUT2D eigenvalue weighted by Gasteiger charge is -2.20. The molecule has 1 atom stereocenters. The van der Waals surface area contributed by atoms with Crippen LogP contribution in [0.15, 0.2) is 24.4 Å². The number of carbonyl (C=O) groups is 1. The molecule has 0 aliphatic carbocycles. The maximum Gasteiger partial charge on any atom is 0.226 e. The third-order valence-corrected chi connectivity index (χ3v) is 5.57. The van der Waals surface area contributed by atoms with Crippen LogP contribution in [0.25, 0.3) is 0 Å². The first kappa shape index (κ1) is 17.9. The van der Waals surface area contributed by atoms with E-state index in [-0.39, 0.29) is 18.2 Å². The molecule has 2 N–H and O–H groups in total. The Balaban J connectivity index is 1.58. The highest BCUT2D eigenvalue weighted by Crippen LogP contribution is 2.32. The van der Waals surface area contributed by atoms with E-state index in [0.717, 1.165) is 32.0 Å². The first-order valence-electron chi connectivity index (χ1n) is 8.44. The number of benzene rings is 1. The van der Waals surface area contributed by atoms with Crippen molar-refractivity contribution in [1.29, 1.82) is 0 Å². The zero-order valence-electron chi connectivity index (χ0n) is 14.0. The summed E-state index contributed by atoms with van der Waals surface area (Å²) in [7, 11) is 0. The molecule has 1 aliphatic rings. The van der Waals surface area contributed by atoms with Crippen molar-refractivity contribution >= 4 is 22.4 Å². The summed E-state index contributed by atoms with van der Waals surface area (Å²) in [6.07, 6.45) is 4.11. The number of hydrogen-bond donors (Lipinski definition) is 2. The molecule has 4 nitrogen and oxygen atoms in total. The van der Waals surface area contributed by atoms with Crippen LogP contribution in [0.3, 0.4) is 0 Å². The number of anilines is 1. The second-order valence-electron chi connectivity index (χ2n) is 6.41. The molecule has 7 heteroatoms. The molecule has 0 bridgehead atoms. The fourth-order valence-corrected chi connectivity index (χ4v) is 4.10. The van der Waals surface area contributed by atoms with Gasteiger partial charge in [0, 0.05) is 23.6 Å². The molecule has 0 spiro atoms. The molecule has 0 radical (unpaired) electrons. The Kier molecular flexibility index (Phi) is 5.75. The van der Waals surface area contributed by atoms with Gasteiger partial charge in [-0.1, -0.05) is 13.0 Å². The Morgan fingerprint density at radius 3 is 2.88 bits per heavy atom. The number of rotatable bonds is 5. The summed E-state index contributed by atoms with van der Waals surface area (Å²) in [5.41, 5.74) is 0.339. The minimum atomic E-state index is -0.622. The molecule has 3 rings (SSSR count). The average molecular weight is 365 g/mol. The van der Waals surface area contributed by atoms with Gasteiger partial charge in [0.2, 0.25) is 5.91 Å². The second kappa shape index (κ2) is 8.01. The maximum atomic E-state index is 13.8. The number of piperidine rings is 1. The fourth-order valence-electron chi connectivity index (χ4n) is 3.10. The van der Waals surface area contributed by atoms with Gasteiger partial charge in [-0.3, -0.25) is 4.79 Å². The molecule has 25 heavy (non-hydrogen) atoms. The Morgan fingerprint density at radius 1 is 1.40 bits per heavy atom. The predicted octanol–water partition coefficient (Wildman–Crippen LogP) is 4.02. The number of aromatic nitrogens is 1. The molecule has 2 aromatic rings. The molecule has 0 saturated carbocycles. The number of nitrogens with one attached hydrogen (secondary N) is 2. The predicted molar refractivity (Wildman–Crippen MR) is 95.0 cm³/mol. The second-order valence-corrected chi connectivity index (χ2v) is 7.47. The first-order chi connectivity index (χ1) is 12.0. The van der Waals surface area contributed by atoms with Crippen LogP contribution < -0.4 is 10.6 Å². The summed E-state index contributed by atoms with van der Waals surface area (Å²) in [5.74, 6) is -1.31. The van der Waals surface area contributed by atoms with Crippen molar-refractivity contribution in [2.45, 2.75) is 38.0 Å². The SMILES string of the molecule is CC(CC(=O)Nc1ncc(C2CCNCC2)s1)c1ccc(F)cc1F. The molecule has 1 saturated heterocycles. The third kappa shape index (κ3) is 4.61. The highest BCUT2D eigenvalue weighted by atomic mass is 32.1. The van der Waals surface area contributed by atoms with Gasteiger partial charge in [-0.05, 0) is 49.4 Å². The van der Waals surface area contributed by atoms with E-state index in [1.54, 1.807) is 6.92 Å². The quantitative estimate of drug-likeness (QED) is 0.841. The van der Waals surface area contributed by atoms with Crippen LogP contribution >= 0.6 is 11.3 Å². The molecule has 1 aromatic carbocycles. The van der Waals surface area contributed by atoms with Gasteiger partial charge in [-0.15, -0.1) is 11.3 Å². The number of nitrogens with zero attached hydrogens (tertiary/aromatic N) is 1. The van der Waals surface area contributed by atoms with Gasteiger partial charge in [-0.2, -0.15) is 0 Å². The number of thiazole rings is 1. The summed E-state index contributed by atoms with van der Waals surface area (Å²) in [6, 6.07) is 3.44. The molecule has 1 unspecified atom stereocenters. The van der Waals surface area contributed by atoms with Crippen molar-refractivity contribution in [1.82, 2.24) is 10.3 Å². The van der Waals surface area contributed by atoms with E-state index >= 15 is 0 Å². The van der Waals surface area contributed by atoms with Gasteiger partial charge < -0.3 is 10.6 Å². The van der Waals surface area contributed by atoms with E-state index in [1.165, 1.54) is 28.3 Å². The largest absolute Gasteiger partial charge is 0.317 e. The van der Waals surface area contributed by atoms with Gasteiger partial charge in [0.25, 0.3) is 0 Å². The number of carbonyl (C=O) groups excluding carboxylic acids is 1. The lowest BCUT2D eigenvalue weighted by molar-refractivity contribution is -0.116. The molecule has 1 fully saturated rings. The Labute approximate surface area is 149 Å². The van der Waals surface area contributed by atoms with Crippen LogP contribution in [0.1, 0.15) is 48.5 Å². The lowest BCUT2D eigenvalue weighted by Crippen LogP contribution is -2.26. The third-order valence-electron chi connectivity index (χ3n) is 4.50. The number of halogens is 2. The highest BCUT2D eigenvalue weighted by Gasteiger charge is 2.20. The van der Waals surface area contributed by atoms with Crippen molar-refractivity contribution < 1.29 is 13.6 Å². The van der Waals surface area contributed by atoms with E-state index in [2.05, 4.69) is 15.6 Å². The van der Waals surface area contributed by atoms with Crippen molar-refractivity contribution in [2.75, 3.05) is 18.4 Å². The van der Waals surface area contributed by atoms with E-state index in [1.807, 2.05) is 6.20 Å². The van der Waals surface area contributed by atoms with Gasteiger partial charge in [0.05, 0.1) is 0 Å². The molecule has 1 amide bonds. The summed E-state index contributed by atoms with van der Waals surface area (Å²) >= 11 is 1.50. The van der Waals surface area contributed by atoms with Crippen LogP contribution in [0.4, 0.5) is 13.9 Å². The summed E-state index contributed by atoms with van der Waals surface area (Å²) in [6.45, 7) is 3.76. The lowest BCUT2D eigenvalue weighted by atomic mass is 9.97. The fraction of sp³-hybridized carbons (Fsp3) is 0.444. The molecular formula is C18H21F2N3OS. The van der Waals surface area contributed by atoms with Crippen LogP contribution in [0, 0.1) is 11.6 Å². The molecule has 134 valence electrons. The van der Waals surface area contributed by atoms with E-state index < -0.39 is 11.6 Å². The first-order valence-corrected chi connectivity index (χ1v) is 9.26. The van der Waals surface area contributed by atoms with Crippen LogP contribution in [0.2, 0.25) is 0 Å². The van der Waals surface area contributed by atoms with Crippen LogP contribution in [-0.2, 0) is 4.79 Å². The molecule has 1 aromatic heterocycles. The minimum Gasteiger partial charge on any atom is -0.317 e. The van der Waals surface area contributed by atoms with Crippen molar-refractivity contribution in [3.8, 4) is 0 Å². The van der Waals surface area contributed by atoms with E-state index in [4.69, 9.17) is 0 Å². The molecule has 1 aliphatic heterocycles. The Morgan fingerprint density at radius 2 is 2.16 bits per heavy atom. The molecular weight excluding hydrogens is 344 g/mol. The van der Waals surface area contributed by atoms with Crippen molar-refractivity contribution in [3.05, 3.63) is 46.5 Å². The standard InChI is InChI=1S/C18H21F2N3OS/c1-11(14-3-2-13(19)9-15(14)20)8-17(24)23-18-22-10-16(25-18)12-4-6-21-7-5-12/h2-3,9-12,21H,4-8H2,1H3,(H,22,23,24). The number of amides is 1. The van der Waals surface area contributed by atoms with Crippen LogP contribution in [0.5, 0.6) is 0 Å². The zero-order chi connectivity index (χ0) is 17.8. The normalized spacial score (nSPS) is 16.6. The van der Waals surface area contributed by atoms with Gasteiger partial charge in [0.1, 0.15) is 11.6 Å². The van der Waals surface area contributed by atoms with Gasteiger partial charge >= 0.3 is 0 Å². The summed E-state index contributed by atoms with van der Waals surface area (Å²) < 4.78 is 26.8. The monoisotopic (exact) mass is 365 g/mol. The Hall–Kier alpha value is -1.86. The zero-order valence-corrected chi connectivity index (χ0v) is 14.8. The van der Waals surface area contributed by atoms with Gasteiger partial charge in [-0.25, -0.2) is 13.8 Å². The Bertz CT molecular complexity index is 744. The van der Waals surface area contributed by atoms with E-state index in [9.17, 15) is 13.6 Å². The summed E-state index contributed by atoms with van der Waals surface area (Å²) in [4.78, 5) is 17.7. The smallest absolute Gasteiger partial charge is 0.226 e. The minimum absolute atomic E-state index is 0.116. The van der Waals surface area contributed by atoms with Gasteiger partial charge in [0.15, 0.2) is 5.13 Å². The van der Waals surface area contributed by atoms with Crippen molar-refractivity contribution in [3.63, 3.8) is 0 Å². The van der Waals surface area contributed by atoms with Crippen LogP contribution in [-0.4, -0.2) is 24.0 Å². The topological polar surface area (TPSA) is 54.0 Å². The van der Waals surface area contributed by atoms with Crippen molar-refractivity contribution in [2.24, 2.45) is 0 Å². The maximum absolute atomic E-state index is 13.8. The molecule has 2 heterocycles. The average Bonchev–Trinajstić information content (AvgIpc) is 3.03. The highest BCUT2D eigenvalue weighted by molar-refractivity contribution is 7.15.